The molecule has 0 aliphatic carbocycles. The fourth-order valence-electron chi connectivity index (χ4n) is 3.03. The molecule has 0 fully saturated rings. The number of hydrazine groups is 1. The number of carbonyl (C=O) groups excluding carboxylic acids is 2. The summed E-state index contributed by atoms with van der Waals surface area (Å²) in [6.45, 7) is 3.77. The quantitative estimate of drug-likeness (QED) is 0.703. The van der Waals surface area contributed by atoms with Gasteiger partial charge in [0.25, 0.3) is 0 Å². The zero-order valence-corrected chi connectivity index (χ0v) is 14.5. The largest absolute Gasteiger partial charge is 0.445 e. The number of hydrogen-bond acceptors (Lipinski definition) is 5. The molecule has 0 radical (unpaired) electrons. The topological polar surface area (TPSA) is 67.7 Å². The van der Waals surface area contributed by atoms with Gasteiger partial charge in [-0.2, -0.15) is 0 Å². The van der Waals surface area contributed by atoms with E-state index in [4.69, 9.17) is 4.74 Å². The van der Waals surface area contributed by atoms with Crippen molar-refractivity contribution < 1.29 is 14.3 Å². The van der Waals surface area contributed by atoms with Crippen molar-refractivity contribution in [3.05, 3.63) is 60.4 Å². The summed E-state index contributed by atoms with van der Waals surface area (Å²) in [5.41, 5.74) is 2.09. The Morgan fingerprint density at radius 2 is 1.77 bits per heavy atom. The molecule has 2 amide bonds. The van der Waals surface area contributed by atoms with Crippen molar-refractivity contribution in [3.63, 3.8) is 0 Å². The van der Waals surface area contributed by atoms with Crippen LogP contribution < -0.4 is 5.01 Å². The summed E-state index contributed by atoms with van der Waals surface area (Å²) < 4.78 is 6.77. The first-order valence-electron chi connectivity index (χ1n) is 8.40. The van der Waals surface area contributed by atoms with E-state index in [9.17, 15) is 9.59 Å². The number of para-hydroxylation sites is 3. The van der Waals surface area contributed by atoms with Crippen molar-refractivity contribution in [1.29, 1.82) is 0 Å². The summed E-state index contributed by atoms with van der Waals surface area (Å²) in [6.07, 6.45) is -1.05. The molecule has 1 aliphatic heterocycles. The molecule has 4 rings (SSSR count). The number of imide groups is 1. The van der Waals surface area contributed by atoms with Gasteiger partial charge in [-0.3, -0.25) is 5.01 Å². The molecular formula is C19H18N4O3. The van der Waals surface area contributed by atoms with Gasteiger partial charge in [0.15, 0.2) is 0 Å². The van der Waals surface area contributed by atoms with Gasteiger partial charge in [-0.1, -0.05) is 30.3 Å². The number of nitrogens with zero attached hydrogens (tertiary/aromatic N) is 4. The van der Waals surface area contributed by atoms with E-state index in [-0.39, 0.29) is 12.6 Å². The van der Waals surface area contributed by atoms with Crippen molar-refractivity contribution in [2.45, 2.75) is 26.5 Å². The molecule has 7 nitrogen and oxygen atoms in total. The van der Waals surface area contributed by atoms with E-state index in [1.165, 1.54) is 4.57 Å². The minimum absolute atomic E-state index is 0.275. The lowest BCUT2D eigenvalue weighted by Gasteiger charge is -2.37. The Kier molecular flexibility index (Phi) is 3.84. The van der Waals surface area contributed by atoms with Crippen LogP contribution in [-0.4, -0.2) is 32.8 Å². The van der Waals surface area contributed by atoms with Gasteiger partial charge in [0.05, 0.1) is 29.4 Å². The molecule has 0 atom stereocenters. The van der Waals surface area contributed by atoms with Crippen LogP contribution in [0.5, 0.6) is 0 Å². The number of aromatic nitrogens is 2. The van der Waals surface area contributed by atoms with Crippen LogP contribution in [0.2, 0.25) is 0 Å². The standard InChI is InChI=1S/C19H18N4O3/c1-13(2)26-19(25)23-18(24)22-16-11-7-6-10-15(16)20-17(22)12-21(23)14-8-4-3-5-9-14/h3-11,13H,12H2,1-2H3. The van der Waals surface area contributed by atoms with Crippen molar-refractivity contribution in [1.82, 2.24) is 14.6 Å². The van der Waals surface area contributed by atoms with E-state index in [2.05, 4.69) is 4.98 Å². The van der Waals surface area contributed by atoms with Gasteiger partial charge >= 0.3 is 12.1 Å². The Morgan fingerprint density at radius 1 is 1.08 bits per heavy atom. The van der Waals surface area contributed by atoms with Gasteiger partial charge in [0.1, 0.15) is 5.82 Å². The normalized spacial score (nSPS) is 14.0. The highest BCUT2D eigenvalue weighted by Crippen LogP contribution is 2.28. The maximum atomic E-state index is 13.2. The summed E-state index contributed by atoms with van der Waals surface area (Å²) in [7, 11) is 0. The third-order valence-corrected chi connectivity index (χ3v) is 4.10. The molecule has 26 heavy (non-hydrogen) atoms. The molecule has 132 valence electrons. The van der Waals surface area contributed by atoms with Gasteiger partial charge in [0.2, 0.25) is 0 Å². The average molecular weight is 350 g/mol. The van der Waals surface area contributed by atoms with Crippen LogP contribution in [-0.2, 0) is 11.3 Å². The number of anilines is 1. The van der Waals surface area contributed by atoms with Crippen LogP contribution in [0.4, 0.5) is 15.3 Å². The Balaban J connectivity index is 1.85. The van der Waals surface area contributed by atoms with Gasteiger partial charge in [0, 0.05) is 0 Å². The van der Waals surface area contributed by atoms with Crippen LogP contribution in [0.15, 0.2) is 54.6 Å². The Hall–Kier alpha value is -3.35. The monoisotopic (exact) mass is 350 g/mol. The number of ether oxygens (including phenoxy) is 1. The lowest BCUT2D eigenvalue weighted by atomic mass is 10.3. The third-order valence-electron chi connectivity index (χ3n) is 4.10. The minimum atomic E-state index is -0.711. The SMILES string of the molecule is CC(C)OC(=O)N1C(=O)n2c(nc3ccccc32)CN1c1ccccc1. The molecule has 1 aliphatic rings. The summed E-state index contributed by atoms with van der Waals surface area (Å²) in [4.78, 5) is 30.4. The lowest BCUT2D eigenvalue weighted by Crippen LogP contribution is -2.56. The fourth-order valence-corrected chi connectivity index (χ4v) is 3.03. The van der Waals surface area contributed by atoms with Gasteiger partial charge in [-0.15, -0.1) is 5.01 Å². The van der Waals surface area contributed by atoms with Gasteiger partial charge in [-0.25, -0.2) is 19.1 Å². The van der Waals surface area contributed by atoms with Crippen LogP contribution in [0.1, 0.15) is 19.7 Å². The van der Waals surface area contributed by atoms with E-state index in [1.54, 1.807) is 18.9 Å². The van der Waals surface area contributed by atoms with E-state index in [1.807, 2.05) is 54.6 Å². The van der Waals surface area contributed by atoms with Crippen LogP contribution in [0.25, 0.3) is 11.0 Å². The Labute approximate surface area is 150 Å². The number of imidazole rings is 1. The molecule has 2 aromatic carbocycles. The summed E-state index contributed by atoms with van der Waals surface area (Å²) in [5.74, 6) is 0.577. The lowest BCUT2D eigenvalue weighted by molar-refractivity contribution is 0.0790. The summed E-state index contributed by atoms with van der Waals surface area (Å²) >= 11 is 0. The molecule has 2 heterocycles. The maximum Gasteiger partial charge on any atom is 0.437 e. The van der Waals surface area contributed by atoms with Crippen molar-refractivity contribution in [2.75, 3.05) is 5.01 Å². The zero-order chi connectivity index (χ0) is 18.3. The fraction of sp³-hybridized carbons (Fsp3) is 0.211. The van der Waals surface area contributed by atoms with E-state index >= 15 is 0 Å². The Bertz CT molecular complexity index is 981. The van der Waals surface area contributed by atoms with Gasteiger partial charge in [-0.05, 0) is 38.1 Å². The van der Waals surface area contributed by atoms with Crippen molar-refractivity contribution in [3.8, 4) is 0 Å². The van der Waals surface area contributed by atoms with Crippen molar-refractivity contribution in [2.24, 2.45) is 0 Å². The highest BCUT2D eigenvalue weighted by Gasteiger charge is 2.39. The molecule has 3 aromatic rings. The number of benzene rings is 2. The molecule has 0 bridgehead atoms. The second-order valence-electron chi connectivity index (χ2n) is 6.27. The zero-order valence-electron chi connectivity index (χ0n) is 14.5. The third kappa shape index (κ3) is 2.57. The summed E-state index contributed by atoms with van der Waals surface area (Å²) in [6, 6.07) is 16.1. The van der Waals surface area contributed by atoms with Gasteiger partial charge < -0.3 is 4.74 Å². The number of amides is 2. The van der Waals surface area contributed by atoms with Crippen LogP contribution in [0.3, 0.4) is 0 Å². The highest BCUT2D eigenvalue weighted by molar-refractivity contribution is 6.00. The minimum Gasteiger partial charge on any atom is -0.445 e. The first kappa shape index (κ1) is 16.1. The molecule has 0 saturated heterocycles. The summed E-state index contributed by atoms with van der Waals surface area (Å²) in [5, 5.41) is 2.63. The maximum absolute atomic E-state index is 13.2. The predicted molar refractivity (Wildman–Crippen MR) is 96.6 cm³/mol. The number of rotatable bonds is 2. The molecule has 0 spiro atoms. The second kappa shape index (κ2) is 6.18. The van der Waals surface area contributed by atoms with Crippen LogP contribution >= 0.6 is 0 Å². The van der Waals surface area contributed by atoms with Crippen molar-refractivity contribution >= 4 is 28.8 Å². The van der Waals surface area contributed by atoms with E-state index in [0.717, 1.165) is 5.01 Å². The molecular weight excluding hydrogens is 332 g/mol. The number of carbonyl (C=O) groups is 2. The first-order chi connectivity index (χ1) is 12.6. The van der Waals surface area contributed by atoms with Crippen LogP contribution in [0, 0.1) is 0 Å². The smallest absolute Gasteiger partial charge is 0.437 e. The predicted octanol–water partition coefficient (Wildman–Crippen LogP) is 3.79. The molecule has 0 unspecified atom stereocenters. The second-order valence-corrected chi connectivity index (χ2v) is 6.27. The number of hydrogen-bond donors (Lipinski definition) is 0. The van der Waals surface area contributed by atoms with E-state index in [0.29, 0.717) is 22.5 Å². The first-order valence-corrected chi connectivity index (χ1v) is 8.40. The van der Waals surface area contributed by atoms with E-state index < -0.39 is 12.1 Å². The molecule has 0 saturated carbocycles. The average Bonchev–Trinajstić information content (AvgIpc) is 3.00. The molecule has 0 N–H and O–H groups in total. The highest BCUT2D eigenvalue weighted by atomic mass is 16.6. The molecule has 1 aromatic heterocycles. The number of fused-ring (bicyclic) bond motifs is 3. The Morgan fingerprint density at radius 3 is 2.50 bits per heavy atom. The molecule has 7 heteroatoms.